The SMILES string of the molecule is Cc1cc(CNc2ccc(F)cc2C(=O)O)on1. The van der Waals surface area contributed by atoms with Gasteiger partial charge in [0.15, 0.2) is 5.76 Å². The highest BCUT2D eigenvalue weighted by Gasteiger charge is 2.11. The van der Waals surface area contributed by atoms with E-state index in [0.717, 1.165) is 11.8 Å². The number of carboxylic acid groups (broad SMARTS) is 1. The van der Waals surface area contributed by atoms with E-state index in [1.807, 2.05) is 0 Å². The molecule has 2 aromatic rings. The molecule has 0 bridgehead atoms. The Morgan fingerprint density at radius 3 is 2.89 bits per heavy atom. The number of benzene rings is 1. The van der Waals surface area contributed by atoms with Gasteiger partial charge in [0, 0.05) is 11.8 Å². The lowest BCUT2D eigenvalue weighted by Gasteiger charge is -2.07. The first-order valence-corrected chi connectivity index (χ1v) is 5.25. The number of anilines is 1. The smallest absolute Gasteiger partial charge is 0.337 e. The molecular weight excluding hydrogens is 239 g/mol. The van der Waals surface area contributed by atoms with Crippen molar-refractivity contribution in [1.29, 1.82) is 0 Å². The van der Waals surface area contributed by atoms with Crippen LogP contribution in [0.3, 0.4) is 0 Å². The number of halogens is 1. The Hall–Kier alpha value is -2.37. The molecule has 0 spiro atoms. The minimum Gasteiger partial charge on any atom is -0.478 e. The van der Waals surface area contributed by atoms with Crippen LogP contribution in [-0.4, -0.2) is 16.2 Å². The van der Waals surface area contributed by atoms with Gasteiger partial charge in [-0.05, 0) is 25.1 Å². The van der Waals surface area contributed by atoms with Gasteiger partial charge in [0.05, 0.1) is 17.8 Å². The minimum absolute atomic E-state index is 0.119. The summed E-state index contributed by atoms with van der Waals surface area (Å²) in [5.41, 5.74) is 0.952. The molecule has 0 saturated heterocycles. The summed E-state index contributed by atoms with van der Waals surface area (Å²) in [5, 5.41) is 15.5. The molecule has 0 aliphatic carbocycles. The zero-order valence-electron chi connectivity index (χ0n) is 9.61. The maximum atomic E-state index is 13.0. The molecule has 0 saturated carbocycles. The van der Waals surface area contributed by atoms with E-state index in [4.69, 9.17) is 9.63 Å². The van der Waals surface area contributed by atoms with Gasteiger partial charge in [-0.3, -0.25) is 0 Å². The molecule has 5 nitrogen and oxygen atoms in total. The Kier molecular flexibility index (Phi) is 3.27. The first-order chi connectivity index (χ1) is 8.56. The van der Waals surface area contributed by atoms with E-state index in [-0.39, 0.29) is 12.1 Å². The lowest BCUT2D eigenvalue weighted by atomic mass is 10.1. The largest absolute Gasteiger partial charge is 0.478 e. The quantitative estimate of drug-likeness (QED) is 0.871. The molecule has 1 aromatic heterocycles. The predicted molar refractivity (Wildman–Crippen MR) is 61.9 cm³/mol. The maximum Gasteiger partial charge on any atom is 0.337 e. The minimum atomic E-state index is -1.19. The summed E-state index contributed by atoms with van der Waals surface area (Å²) in [5.74, 6) is -1.20. The fraction of sp³-hybridized carbons (Fsp3) is 0.167. The van der Waals surface area contributed by atoms with Crippen molar-refractivity contribution in [3.05, 3.63) is 47.1 Å². The molecule has 1 aromatic carbocycles. The van der Waals surface area contributed by atoms with Crippen molar-refractivity contribution in [2.45, 2.75) is 13.5 Å². The van der Waals surface area contributed by atoms with Crippen LogP contribution in [0.25, 0.3) is 0 Å². The van der Waals surface area contributed by atoms with E-state index in [9.17, 15) is 9.18 Å². The first-order valence-electron chi connectivity index (χ1n) is 5.25. The number of hydrogen-bond acceptors (Lipinski definition) is 4. The zero-order chi connectivity index (χ0) is 13.1. The van der Waals surface area contributed by atoms with Crippen molar-refractivity contribution in [1.82, 2.24) is 5.16 Å². The van der Waals surface area contributed by atoms with Gasteiger partial charge >= 0.3 is 5.97 Å². The molecular formula is C12H11FN2O3. The van der Waals surface area contributed by atoms with Gasteiger partial charge in [0.25, 0.3) is 0 Å². The van der Waals surface area contributed by atoms with E-state index >= 15 is 0 Å². The number of aromatic nitrogens is 1. The van der Waals surface area contributed by atoms with Crippen LogP contribution in [0.1, 0.15) is 21.8 Å². The first kappa shape index (κ1) is 12.1. The molecule has 0 amide bonds. The second-order valence-electron chi connectivity index (χ2n) is 3.78. The second-order valence-corrected chi connectivity index (χ2v) is 3.78. The standard InChI is InChI=1S/C12H11FN2O3/c1-7-4-9(18-15-7)6-14-11-3-2-8(13)5-10(11)12(16)17/h2-5,14H,6H2,1H3,(H,16,17). The average molecular weight is 250 g/mol. The topological polar surface area (TPSA) is 75.4 Å². The summed E-state index contributed by atoms with van der Waals surface area (Å²) in [7, 11) is 0. The number of nitrogens with zero attached hydrogens (tertiary/aromatic N) is 1. The van der Waals surface area contributed by atoms with Gasteiger partial charge < -0.3 is 14.9 Å². The van der Waals surface area contributed by atoms with Crippen LogP contribution < -0.4 is 5.32 Å². The summed E-state index contributed by atoms with van der Waals surface area (Å²) >= 11 is 0. The third-order valence-corrected chi connectivity index (χ3v) is 2.34. The normalized spacial score (nSPS) is 10.3. The van der Waals surface area contributed by atoms with Crippen molar-refractivity contribution in [3.8, 4) is 0 Å². The molecule has 0 aliphatic rings. The molecule has 1 heterocycles. The van der Waals surface area contributed by atoms with E-state index in [1.165, 1.54) is 12.1 Å². The zero-order valence-corrected chi connectivity index (χ0v) is 9.61. The molecule has 0 aliphatic heterocycles. The molecule has 94 valence electrons. The molecule has 6 heteroatoms. The average Bonchev–Trinajstić information content (AvgIpc) is 2.73. The van der Waals surface area contributed by atoms with Crippen molar-refractivity contribution >= 4 is 11.7 Å². The Morgan fingerprint density at radius 1 is 1.50 bits per heavy atom. The van der Waals surface area contributed by atoms with Crippen LogP contribution in [-0.2, 0) is 6.54 Å². The summed E-state index contributed by atoms with van der Waals surface area (Å²) in [6.07, 6.45) is 0. The van der Waals surface area contributed by atoms with Gasteiger partial charge in [-0.1, -0.05) is 5.16 Å². The second kappa shape index (κ2) is 4.87. The highest BCUT2D eigenvalue weighted by atomic mass is 19.1. The number of carbonyl (C=O) groups is 1. The number of nitrogens with one attached hydrogen (secondary N) is 1. The molecule has 0 atom stereocenters. The van der Waals surface area contributed by atoms with Gasteiger partial charge in [0.1, 0.15) is 5.82 Å². The fourth-order valence-electron chi connectivity index (χ4n) is 1.53. The van der Waals surface area contributed by atoms with Gasteiger partial charge in [-0.2, -0.15) is 0 Å². The molecule has 0 radical (unpaired) electrons. The number of hydrogen-bond donors (Lipinski definition) is 2. The van der Waals surface area contributed by atoms with Crippen LogP contribution in [0, 0.1) is 12.7 Å². The van der Waals surface area contributed by atoms with Crippen molar-refractivity contribution in [2.75, 3.05) is 5.32 Å². The Labute approximate surface area is 102 Å². The lowest BCUT2D eigenvalue weighted by molar-refractivity contribution is 0.0697. The maximum absolute atomic E-state index is 13.0. The molecule has 2 N–H and O–H groups in total. The van der Waals surface area contributed by atoms with Crippen molar-refractivity contribution < 1.29 is 18.8 Å². The third kappa shape index (κ3) is 2.65. The summed E-state index contributed by atoms with van der Waals surface area (Å²) in [4.78, 5) is 10.9. The van der Waals surface area contributed by atoms with Crippen molar-refractivity contribution in [2.24, 2.45) is 0 Å². The molecule has 0 fully saturated rings. The summed E-state index contributed by atoms with van der Waals surface area (Å²) < 4.78 is 17.9. The third-order valence-electron chi connectivity index (χ3n) is 2.34. The van der Waals surface area contributed by atoms with Crippen LogP contribution >= 0.6 is 0 Å². The number of aryl methyl sites for hydroxylation is 1. The number of rotatable bonds is 4. The van der Waals surface area contributed by atoms with E-state index in [2.05, 4.69) is 10.5 Å². The Morgan fingerprint density at radius 2 is 2.28 bits per heavy atom. The predicted octanol–water partition coefficient (Wildman–Crippen LogP) is 2.43. The van der Waals surface area contributed by atoms with E-state index in [1.54, 1.807) is 13.0 Å². The van der Waals surface area contributed by atoms with Gasteiger partial charge in [-0.15, -0.1) is 0 Å². The monoisotopic (exact) mass is 250 g/mol. The Balaban J connectivity index is 2.16. The van der Waals surface area contributed by atoms with Gasteiger partial charge in [-0.25, -0.2) is 9.18 Å². The van der Waals surface area contributed by atoms with E-state index < -0.39 is 11.8 Å². The number of aromatic carboxylic acids is 1. The van der Waals surface area contributed by atoms with E-state index in [0.29, 0.717) is 11.4 Å². The lowest BCUT2D eigenvalue weighted by Crippen LogP contribution is -2.06. The highest BCUT2D eigenvalue weighted by Crippen LogP contribution is 2.18. The summed E-state index contributed by atoms with van der Waals surface area (Å²) in [6, 6.07) is 5.27. The fourth-order valence-corrected chi connectivity index (χ4v) is 1.53. The van der Waals surface area contributed by atoms with Crippen LogP contribution in [0.15, 0.2) is 28.8 Å². The molecule has 2 rings (SSSR count). The van der Waals surface area contributed by atoms with Crippen molar-refractivity contribution in [3.63, 3.8) is 0 Å². The van der Waals surface area contributed by atoms with Crippen LogP contribution in [0.4, 0.5) is 10.1 Å². The molecule has 0 unspecified atom stereocenters. The number of carboxylic acids is 1. The Bertz CT molecular complexity index is 580. The summed E-state index contributed by atoms with van der Waals surface area (Å²) in [6.45, 7) is 2.07. The van der Waals surface area contributed by atoms with Gasteiger partial charge in [0.2, 0.25) is 0 Å². The van der Waals surface area contributed by atoms with Crippen LogP contribution in [0.5, 0.6) is 0 Å². The molecule has 18 heavy (non-hydrogen) atoms. The van der Waals surface area contributed by atoms with Crippen LogP contribution in [0.2, 0.25) is 0 Å². The highest BCUT2D eigenvalue weighted by molar-refractivity contribution is 5.94.